The van der Waals surface area contributed by atoms with Gasteiger partial charge < -0.3 is 4.42 Å². The van der Waals surface area contributed by atoms with Crippen molar-refractivity contribution in [2.24, 2.45) is 0 Å². The second-order valence-electron chi connectivity index (χ2n) is 3.48. The second kappa shape index (κ2) is 5.20. The Kier molecular flexibility index (Phi) is 3.39. The first-order valence-corrected chi connectivity index (χ1v) is 5.18. The van der Waals surface area contributed by atoms with E-state index < -0.39 is 0 Å². The third kappa shape index (κ3) is 3.13. The van der Waals surface area contributed by atoms with Gasteiger partial charge in [0.15, 0.2) is 0 Å². The first kappa shape index (κ1) is 9.78. The summed E-state index contributed by atoms with van der Waals surface area (Å²) in [6.45, 7) is 0. The summed E-state index contributed by atoms with van der Waals surface area (Å²) in [7, 11) is 0. The van der Waals surface area contributed by atoms with Crippen molar-refractivity contribution in [1.82, 2.24) is 0 Å². The van der Waals surface area contributed by atoms with Gasteiger partial charge in [-0.3, -0.25) is 0 Å². The lowest BCUT2D eigenvalue weighted by Crippen LogP contribution is -1.77. The fraction of sp³-hybridized carbons (Fsp3) is 0.143. The van der Waals surface area contributed by atoms with Crippen molar-refractivity contribution in [1.29, 1.82) is 0 Å². The summed E-state index contributed by atoms with van der Waals surface area (Å²) in [5, 5.41) is 0. The maximum atomic E-state index is 5.01. The number of hydrogen-bond acceptors (Lipinski definition) is 1. The molecule has 2 aromatic rings. The summed E-state index contributed by atoms with van der Waals surface area (Å²) in [6, 6.07) is 12.4. The minimum atomic E-state index is 1.04. The van der Waals surface area contributed by atoms with Crippen molar-refractivity contribution in [2.75, 3.05) is 0 Å². The van der Waals surface area contributed by atoms with Crippen LogP contribution < -0.4 is 0 Å². The molecule has 1 aromatic heterocycles. The molecule has 0 spiro atoms. The van der Waals surface area contributed by atoms with Crippen LogP contribution in [0.5, 0.6) is 0 Å². The van der Waals surface area contributed by atoms with E-state index in [-0.39, 0.29) is 0 Å². The zero-order valence-corrected chi connectivity index (χ0v) is 8.60. The number of hydrogen-bond donors (Lipinski definition) is 0. The molecule has 0 amide bonds. The highest BCUT2D eigenvalue weighted by Crippen LogP contribution is 2.06. The first-order valence-electron chi connectivity index (χ1n) is 5.18. The molecule has 1 aromatic carbocycles. The van der Waals surface area contributed by atoms with E-state index in [1.165, 1.54) is 11.1 Å². The van der Waals surface area contributed by atoms with Gasteiger partial charge in [0.1, 0.15) is 0 Å². The van der Waals surface area contributed by atoms with Crippen molar-refractivity contribution in [3.8, 4) is 0 Å². The van der Waals surface area contributed by atoms with Crippen molar-refractivity contribution in [2.45, 2.75) is 12.8 Å². The molecule has 0 radical (unpaired) electrons. The number of furan rings is 1. The first-order chi connectivity index (χ1) is 7.45. The Morgan fingerprint density at radius 2 is 1.93 bits per heavy atom. The van der Waals surface area contributed by atoms with E-state index in [1.54, 1.807) is 12.5 Å². The molecule has 0 unspecified atom stereocenters. The average molecular weight is 198 g/mol. The topological polar surface area (TPSA) is 13.1 Å². The van der Waals surface area contributed by atoms with Crippen molar-refractivity contribution < 1.29 is 4.42 Å². The highest BCUT2D eigenvalue weighted by atomic mass is 16.3. The van der Waals surface area contributed by atoms with Crippen molar-refractivity contribution in [3.05, 3.63) is 66.1 Å². The van der Waals surface area contributed by atoms with E-state index in [2.05, 4.69) is 36.4 Å². The third-order valence-electron chi connectivity index (χ3n) is 2.29. The molecule has 0 aliphatic heterocycles. The maximum absolute atomic E-state index is 5.01. The van der Waals surface area contributed by atoms with E-state index in [1.807, 2.05) is 12.1 Å². The fourth-order valence-corrected chi connectivity index (χ4v) is 1.47. The summed E-state index contributed by atoms with van der Waals surface area (Å²) < 4.78 is 5.01. The Bertz CT molecular complexity index is 398. The van der Waals surface area contributed by atoms with E-state index in [0.29, 0.717) is 0 Å². The van der Waals surface area contributed by atoms with E-state index >= 15 is 0 Å². The molecule has 15 heavy (non-hydrogen) atoms. The van der Waals surface area contributed by atoms with Gasteiger partial charge in [0.25, 0.3) is 0 Å². The van der Waals surface area contributed by atoms with Crippen LogP contribution >= 0.6 is 0 Å². The van der Waals surface area contributed by atoms with Gasteiger partial charge in [-0.25, -0.2) is 0 Å². The molecule has 2 rings (SSSR count). The summed E-state index contributed by atoms with van der Waals surface area (Å²) in [5.41, 5.74) is 2.51. The van der Waals surface area contributed by atoms with Crippen LogP contribution in [0.4, 0.5) is 0 Å². The van der Waals surface area contributed by atoms with Crippen LogP contribution in [0.1, 0.15) is 17.5 Å². The van der Waals surface area contributed by atoms with Crippen molar-refractivity contribution in [3.63, 3.8) is 0 Å². The van der Waals surface area contributed by atoms with Gasteiger partial charge >= 0.3 is 0 Å². The standard InChI is InChI=1S/C14H14O/c1-2-6-13(7-3-1)8-4-5-9-14-10-11-15-12-14/h1-4,6-8,10-12H,5,9H2/b8-4+. The van der Waals surface area contributed by atoms with Gasteiger partial charge in [0, 0.05) is 0 Å². The molecule has 1 nitrogen and oxygen atoms in total. The molecule has 0 saturated heterocycles. The Hall–Kier alpha value is -1.76. The maximum Gasteiger partial charge on any atom is 0.0934 e. The van der Waals surface area contributed by atoms with E-state index in [0.717, 1.165) is 12.8 Å². The van der Waals surface area contributed by atoms with Crippen LogP contribution in [0.3, 0.4) is 0 Å². The molecule has 1 heteroatoms. The molecule has 0 fully saturated rings. The Morgan fingerprint density at radius 3 is 2.67 bits per heavy atom. The second-order valence-corrected chi connectivity index (χ2v) is 3.48. The zero-order valence-electron chi connectivity index (χ0n) is 8.60. The highest BCUT2D eigenvalue weighted by molar-refractivity contribution is 5.48. The molecule has 0 aliphatic carbocycles. The van der Waals surface area contributed by atoms with Gasteiger partial charge in [-0.1, -0.05) is 42.5 Å². The molecular weight excluding hydrogens is 184 g/mol. The number of benzene rings is 1. The lowest BCUT2D eigenvalue weighted by atomic mass is 10.1. The summed E-state index contributed by atoms with van der Waals surface area (Å²) >= 11 is 0. The van der Waals surface area contributed by atoms with Crippen LogP contribution in [0.25, 0.3) is 6.08 Å². The Labute approximate surface area is 90.1 Å². The molecule has 0 atom stereocenters. The quantitative estimate of drug-likeness (QED) is 0.725. The number of allylic oxidation sites excluding steroid dienone is 1. The summed E-state index contributed by atoms with van der Waals surface area (Å²) in [4.78, 5) is 0. The minimum absolute atomic E-state index is 1.04. The van der Waals surface area contributed by atoms with Gasteiger partial charge in [-0.2, -0.15) is 0 Å². The molecule has 0 aliphatic rings. The minimum Gasteiger partial charge on any atom is -0.472 e. The zero-order chi connectivity index (χ0) is 10.3. The molecule has 76 valence electrons. The lowest BCUT2D eigenvalue weighted by molar-refractivity contribution is 0.564. The number of rotatable bonds is 4. The van der Waals surface area contributed by atoms with Crippen LogP contribution in [0, 0.1) is 0 Å². The fourth-order valence-electron chi connectivity index (χ4n) is 1.47. The van der Waals surface area contributed by atoms with Gasteiger partial charge in [0.05, 0.1) is 12.5 Å². The van der Waals surface area contributed by atoms with Crippen LogP contribution in [-0.4, -0.2) is 0 Å². The average Bonchev–Trinajstić information content (AvgIpc) is 2.79. The Balaban J connectivity index is 1.81. The third-order valence-corrected chi connectivity index (χ3v) is 2.29. The molecule has 0 N–H and O–H groups in total. The van der Waals surface area contributed by atoms with Gasteiger partial charge in [-0.05, 0) is 30.0 Å². The van der Waals surface area contributed by atoms with Crippen molar-refractivity contribution >= 4 is 6.08 Å². The highest BCUT2D eigenvalue weighted by Gasteiger charge is 1.91. The smallest absolute Gasteiger partial charge is 0.0934 e. The SMILES string of the molecule is C(=C\c1ccccc1)/CCc1ccoc1. The van der Waals surface area contributed by atoms with Gasteiger partial charge in [0.2, 0.25) is 0 Å². The lowest BCUT2D eigenvalue weighted by Gasteiger charge is -1.92. The van der Waals surface area contributed by atoms with Crippen LogP contribution in [-0.2, 0) is 6.42 Å². The van der Waals surface area contributed by atoms with E-state index in [9.17, 15) is 0 Å². The van der Waals surface area contributed by atoms with Crippen LogP contribution in [0.2, 0.25) is 0 Å². The summed E-state index contributed by atoms with van der Waals surface area (Å²) in [6.07, 6.45) is 9.96. The van der Waals surface area contributed by atoms with Gasteiger partial charge in [-0.15, -0.1) is 0 Å². The monoisotopic (exact) mass is 198 g/mol. The molecule has 0 saturated carbocycles. The largest absolute Gasteiger partial charge is 0.472 e. The molecular formula is C14H14O. The predicted molar refractivity (Wildman–Crippen MR) is 62.5 cm³/mol. The Morgan fingerprint density at radius 1 is 1.07 bits per heavy atom. The van der Waals surface area contributed by atoms with E-state index in [4.69, 9.17) is 4.42 Å². The normalized spacial score (nSPS) is 10.9. The van der Waals surface area contributed by atoms with Crippen LogP contribution in [0.15, 0.2) is 59.4 Å². The molecule has 0 bridgehead atoms. The number of aryl methyl sites for hydroxylation is 1. The predicted octanol–water partition coefficient (Wildman–Crippen LogP) is 3.93. The summed E-state index contributed by atoms with van der Waals surface area (Å²) in [5.74, 6) is 0. The molecule has 1 heterocycles.